The molecule has 1 aliphatic carbocycles. The maximum absolute atomic E-state index is 14.3. The van der Waals surface area contributed by atoms with Crippen molar-refractivity contribution in [3.05, 3.63) is 29.6 Å². The molecule has 144 valence electrons. The van der Waals surface area contributed by atoms with Crippen LogP contribution >= 0.6 is 0 Å². The zero-order valence-corrected chi connectivity index (χ0v) is 15.8. The molecule has 0 bridgehead atoms. The van der Waals surface area contributed by atoms with Crippen molar-refractivity contribution < 1.29 is 13.9 Å². The molecule has 1 aromatic carbocycles. The van der Waals surface area contributed by atoms with Gasteiger partial charge in [0.05, 0.1) is 18.8 Å². The third kappa shape index (κ3) is 5.59. The molecule has 2 unspecified atom stereocenters. The summed E-state index contributed by atoms with van der Waals surface area (Å²) < 4.78 is 25.4. The Bertz CT molecular complexity index is 613. The minimum Gasteiger partial charge on any atom is -0.490 e. The van der Waals surface area contributed by atoms with Crippen LogP contribution < -0.4 is 15.4 Å². The number of nitrogens with one attached hydrogen (secondary N) is 2. The molecule has 1 aromatic rings. The van der Waals surface area contributed by atoms with Gasteiger partial charge in [-0.25, -0.2) is 4.39 Å². The highest BCUT2D eigenvalue weighted by atomic mass is 19.1. The first kappa shape index (κ1) is 19.0. The van der Waals surface area contributed by atoms with E-state index < -0.39 is 0 Å². The van der Waals surface area contributed by atoms with E-state index in [1.54, 1.807) is 19.2 Å². The van der Waals surface area contributed by atoms with E-state index in [0.29, 0.717) is 30.3 Å². The van der Waals surface area contributed by atoms with Gasteiger partial charge in [0.2, 0.25) is 0 Å². The fourth-order valence-corrected chi connectivity index (χ4v) is 3.10. The monoisotopic (exact) mass is 363 g/mol. The summed E-state index contributed by atoms with van der Waals surface area (Å²) in [6, 6.07) is 5.11. The van der Waals surface area contributed by atoms with Gasteiger partial charge in [-0.1, -0.05) is 6.07 Å². The summed E-state index contributed by atoms with van der Waals surface area (Å²) in [7, 11) is 1.74. The second-order valence-corrected chi connectivity index (χ2v) is 7.23. The molecule has 1 saturated carbocycles. The molecule has 0 radical (unpaired) electrons. The summed E-state index contributed by atoms with van der Waals surface area (Å²) in [5.41, 5.74) is 0.864. The molecule has 1 saturated heterocycles. The highest BCUT2D eigenvalue weighted by Crippen LogP contribution is 2.30. The zero-order valence-electron chi connectivity index (χ0n) is 15.8. The maximum Gasteiger partial charge on any atom is 0.191 e. The molecule has 2 atom stereocenters. The lowest BCUT2D eigenvalue weighted by atomic mass is 10.1. The molecular formula is C20H30FN3O2. The third-order valence-electron chi connectivity index (χ3n) is 4.99. The zero-order chi connectivity index (χ0) is 18.4. The van der Waals surface area contributed by atoms with Gasteiger partial charge < -0.3 is 20.1 Å². The summed E-state index contributed by atoms with van der Waals surface area (Å²) in [6.07, 6.45) is 6.00. The number of hydrogen-bond acceptors (Lipinski definition) is 3. The fourth-order valence-electron chi connectivity index (χ4n) is 3.10. The molecule has 6 heteroatoms. The van der Waals surface area contributed by atoms with Crippen molar-refractivity contribution in [2.75, 3.05) is 26.8 Å². The van der Waals surface area contributed by atoms with E-state index in [1.807, 2.05) is 13.0 Å². The van der Waals surface area contributed by atoms with Gasteiger partial charge in [0.1, 0.15) is 0 Å². The third-order valence-corrected chi connectivity index (χ3v) is 4.99. The van der Waals surface area contributed by atoms with Gasteiger partial charge in [-0.05, 0) is 62.6 Å². The molecule has 3 rings (SSSR count). The van der Waals surface area contributed by atoms with Crippen LogP contribution in [0.1, 0.15) is 50.6 Å². The number of ether oxygens (including phenoxy) is 2. The minimum absolute atomic E-state index is 0.0593. The average molecular weight is 363 g/mol. The van der Waals surface area contributed by atoms with E-state index >= 15 is 0 Å². The molecule has 2 fully saturated rings. The lowest BCUT2D eigenvalue weighted by molar-refractivity contribution is 0.105. The van der Waals surface area contributed by atoms with Crippen LogP contribution in [0.5, 0.6) is 5.75 Å². The topological polar surface area (TPSA) is 54.9 Å². The number of hydrogen-bond donors (Lipinski definition) is 2. The van der Waals surface area contributed by atoms with Crippen molar-refractivity contribution in [1.29, 1.82) is 0 Å². The Balaban J connectivity index is 1.47. The van der Waals surface area contributed by atoms with Crippen molar-refractivity contribution in [2.24, 2.45) is 10.9 Å². The van der Waals surface area contributed by atoms with Crippen LogP contribution in [-0.4, -0.2) is 38.9 Å². The van der Waals surface area contributed by atoms with Crippen LogP contribution in [0.15, 0.2) is 23.2 Å². The summed E-state index contributed by atoms with van der Waals surface area (Å²) in [5.74, 6) is 1.36. The molecule has 2 aliphatic rings. The highest BCUT2D eigenvalue weighted by Gasteiger charge is 2.22. The first-order valence-corrected chi connectivity index (χ1v) is 9.66. The second kappa shape index (κ2) is 9.21. The Kier molecular flexibility index (Phi) is 6.72. The van der Waals surface area contributed by atoms with Crippen molar-refractivity contribution in [1.82, 2.24) is 10.6 Å². The van der Waals surface area contributed by atoms with Gasteiger partial charge >= 0.3 is 0 Å². The summed E-state index contributed by atoms with van der Waals surface area (Å²) in [4.78, 5) is 4.25. The quantitative estimate of drug-likeness (QED) is 0.549. The Morgan fingerprint density at radius 1 is 1.38 bits per heavy atom. The van der Waals surface area contributed by atoms with E-state index in [0.717, 1.165) is 38.0 Å². The van der Waals surface area contributed by atoms with Gasteiger partial charge in [0.25, 0.3) is 0 Å². The summed E-state index contributed by atoms with van der Waals surface area (Å²) >= 11 is 0. The van der Waals surface area contributed by atoms with E-state index in [4.69, 9.17) is 9.47 Å². The van der Waals surface area contributed by atoms with Crippen LogP contribution in [0.4, 0.5) is 4.39 Å². The van der Waals surface area contributed by atoms with E-state index in [9.17, 15) is 4.39 Å². The molecule has 0 amide bonds. The van der Waals surface area contributed by atoms with E-state index in [1.165, 1.54) is 12.8 Å². The predicted octanol–water partition coefficient (Wildman–Crippen LogP) is 3.41. The lowest BCUT2D eigenvalue weighted by Crippen LogP contribution is -2.39. The minimum atomic E-state index is -0.307. The number of nitrogens with zero attached hydrogens (tertiary/aromatic N) is 1. The largest absolute Gasteiger partial charge is 0.490 e. The Hall–Kier alpha value is -1.82. The van der Waals surface area contributed by atoms with Gasteiger partial charge in [-0.3, -0.25) is 4.99 Å². The number of guanidine groups is 1. The van der Waals surface area contributed by atoms with Crippen molar-refractivity contribution >= 4 is 5.96 Å². The van der Waals surface area contributed by atoms with Crippen molar-refractivity contribution in [2.45, 2.75) is 51.2 Å². The highest BCUT2D eigenvalue weighted by molar-refractivity contribution is 5.80. The normalized spacial score (nSPS) is 21.5. The Morgan fingerprint density at radius 3 is 2.88 bits per heavy atom. The first-order valence-electron chi connectivity index (χ1n) is 9.66. The predicted molar refractivity (Wildman–Crippen MR) is 101 cm³/mol. The van der Waals surface area contributed by atoms with Crippen molar-refractivity contribution in [3.8, 4) is 5.75 Å². The molecule has 5 nitrogen and oxygen atoms in total. The molecule has 2 N–H and O–H groups in total. The molecule has 0 spiro atoms. The van der Waals surface area contributed by atoms with Crippen LogP contribution in [0, 0.1) is 11.7 Å². The van der Waals surface area contributed by atoms with E-state index in [-0.39, 0.29) is 11.9 Å². The fraction of sp³-hybridized carbons (Fsp3) is 0.650. The number of aliphatic imine (C=N–C) groups is 1. The molecule has 1 heterocycles. The number of rotatable bonds is 8. The Labute approximate surface area is 155 Å². The van der Waals surface area contributed by atoms with E-state index in [2.05, 4.69) is 15.6 Å². The van der Waals surface area contributed by atoms with Crippen LogP contribution in [0.2, 0.25) is 0 Å². The standard InChI is InChI=1S/C20H30FN3O2/c1-14(24-20(22-2)23-10-9-17-4-3-11-25-17)16-7-8-19(18(21)12-16)26-13-15-5-6-15/h7-8,12,14-15,17H,3-6,9-11,13H2,1-2H3,(H2,22,23,24). The van der Waals surface area contributed by atoms with Gasteiger partial charge in [-0.15, -0.1) is 0 Å². The summed E-state index contributed by atoms with van der Waals surface area (Å²) in [5, 5.41) is 6.61. The maximum atomic E-state index is 14.3. The number of benzene rings is 1. The molecule has 0 aromatic heterocycles. The second-order valence-electron chi connectivity index (χ2n) is 7.23. The van der Waals surface area contributed by atoms with Crippen molar-refractivity contribution in [3.63, 3.8) is 0 Å². The van der Waals surface area contributed by atoms with Crippen LogP contribution in [0.25, 0.3) is 0 Å². The lowest BCUT2D eigenvalue weighted by Gasteiger charge is -2.19. The Morgan fingerprint density at radius 2 is 2.23 bits per heavy atom. The van der Waals surface area contributed by atoms with Crippen LogP contribution in [-0.2, 0) is 4.74 Å². The molecular weight excluding hydrogens is 333 g/mol. The molecule has 1 aliphatic heterocycles. The van der Waals surface area contributed by atoms with Gasteiger partial charge in [0.15, 0.2) is 17.5 Å². The molecule has 26 heavy (non-hydrogen) atoms. The SMILES string of the molecule is CN=C(NCCC1CCCO1)NC(C)c1ccc(OCC2CC2)c(F)c1. The van der Waals surface area contributed by atoms with Gasteiger partial charge in [-0.2, -0.15) is 0 Å². The number of halogens is 1. The first-order chi connectivity index (χ1) is 12.7. The van der Waals surface area contributed by atoms with Gasteiger partial charge in [0, 0.05) is 20.2 Å². The van der Waals surface area contributed by atoms with Crippen LogP contribution in [0.3, 0.4) is 0 Å². The smallest absolute Gasteiger partial charge is 0.191 e. The average Bonchev–Trinajstić information content (AvgIpc) is 3.33. The summed E-state index contributed by atoms with van der Waals surface area (Å²) in [6.45, 7) is 4.29.